The Morgan fingerprint density at radius 1 is 1.19 bits per heavy atom. The minimum atomic E-state index is 0.754. The van der Waals surface area contributed by atoms with Gasteiger partial charge in [0.1, 0.15) is 0 Å². The molecule has 2 rings (SSSR count). The molecule has 0 aromatic carbocycles. The van der Waals surface area contributed by atoms with Crippen LogP contribution in [0.25, 0.3) is 0 Å². The van der Waals surface area contributed by atoms with Crippen molar-refractivity contribution in [2.75, 3.05) is 42.6 Å². The van der Waals surface area contributed by atoms with Crippen LogP contribution in [0, 0.1) is 0 Å². The fourth-order valence-corrected chi connectivity index (χ4v) is 4.96. The summed E-state index contributed by atoms with van der Waals surface area (Å²) in [7, 11) is 0. The molecule has 2 saturated heterocycles. The average Bonchev–Trinajstić information content (AvgIpc) is 2.56. The number of rotatable bonds is 4. The van der Waals surface area contributed by atoms with Crippen molar-refractivity contribution in [1.29, 1.82) is 0 Å². The molecule has 1 atom stereocenters. The lowest BCUT2D eigenvalue weighted by Crippen LogP contribution is -2.42. The van der Waals surface area contributed by atoms with E-state index >= 15 is 0 Å². The molecule has 4 heteroatoms. The first kappa shape index (κ1) is 13.1. The van der Waals surface area contributed by atoms with E-state index in [1.165, 1.54) is 55.5 Å². The molecule has 0 aromatic rings. The second-order valence-electron chi connectivity index (χ2n) is 4.80. The Morgan fingerprint density at radius 3 is 2.62 bits per heavy atom. The van der Waals surface area contributed by atoms with Crippen molar-refractivity contribution in [2.45, 2.75) is 31.8 Å². The highest BCUT2D eigenvalue weighted by molar-refractivity contribution is 8.03. The second kappa shape index (κ2) is 7.14. The summed E-state index contributed by atoms with van der Waals surface area (Å²) in [6, 6.07) is 1.51. The molecule has 2 heterocycles. The van der Waals surface area contributed by atoms with Gasteiger partial charge in [0.05, 0.1) is 0 Å². The zero-order chi connectivity index (χ0) is 11.2. The van der Waals surface area contributed by atoms with Crippen molar-refractivity contribution >= 4 is 23.5 Å². The van der Waals surface area contributed by atoms with Crippen molar-refractivity contribution in [2.24, 2.45) is 0 Å². The molecule has 0 unspecified atom stereocenters. The molecule has 2 nitrogen and oxygen atoms in total. The van der Waals surface area contributed by atoms with Crippen molar-refractivity contribution < 1.29 is 0 Å². The molecule has 0 saturated carbocycles. The molecule has 2 aliphatic heterocycles. The number of nitrogens with zero attached hydrogens (tertiary/aromatic N) is 1. The van der Waals surface area contributed by atoms with E-state index < -0.39 is 0 Å². The Hall–Kier alpha value is 0.620. The maximum atomic E-state index is 3.86. The van der Waals surface area contributed by atoms with Gasteiger partial charge < -0.3 is 10.2 Å². The summed E-state index contributed by atoms with van der Waals surface area (Å²) in [5.41, 5.74) is 0. The van der Waals surface area contributed by atoms with E-state index in [9.17, 15) is 0 Å². The monoisotopic (exact) mass is 260 g/mol. The molecule has 16 heavy (non-hydrogen) atoms. The van der Waals surface area contributed by atoms with Gasteiger partial charge in [-0.25, -0.2) is 0 Å². The van der Waals surface area contributed by atoms with E-state index in [1.54, 1.807) is 0 Å². The van der Waals surface area contributed by atoms with E-state index in [1.807, 2.05) is 0 Å². The summed E-state index contributed by atoms with van der Waals surface area (Å²) in [6.07, 6.45) is 2.65. The van der Waals surface area contributed by atoms with Gasteiger partial charge in [0, 0.05) is 41.6 Å². The van der Waals surface area contributed by atoms with Crippen LogP contribution in [0.5, 0.6) is 0 Å². The standard InChI is InChI=1S/C12H24N2S2/c1-2-4-14-5-3-11(8-14)13-12-9-15-6-7-16-10-12/h11-13H,2-10H2,1H3/t11-/m1/s1. The molecular formula is C12H24N2S2. The van der Waals surface area contributed by atoms with Crippen LogP contribution in [0.15, 0.2) is 0 Å². The number of thioether (sulfide) groups is 2. The molecule has 0 aromatic heterocycles. The van der Waals surface area contributed by atoms with Crippen LogP contribution in [0.2, 0.25) is 0 Å². The smallest absolute Gasteiger partial charge is 0.0251 e. The summed E-state index contributed by atoms with van der Waals surface area (Å²) >= 11 is 4.24. The third kappa shape index (κ3) is 4.13. The summed E-state index contributed by atoms with van der Waals surface area (Å²) in [5.74, 6) is 5.32. The topological polar surface area (TPSA) is 15.3 Å². The van der Waals surface area contributed by atoms with Gasteiger partial charge in [-0.05, 0) is 25.9 Å². The van der Waals surface area contributed by atoms with Gasteiger partial charge in [0.15, 0.2) is 0 Å². The summed E-state index contributed by atoms with van der Waals surface area (Å²) < 4.78 is 0. The number of likely N-dealkylation sites (tertiary alicyclic amines) is 1. The lowest BCUT2D eigenvalue weighted by Gasteiger charge is -2.21. The van der Waals surface area contributed by atoms with Crippen LogP contribution < -0.4 is 5.32 Å². The van der Waals surface area contributed by atoms with Crippen LogP contribution in [0.3, 0.4) is 0 Å². The van der Waals surface area contributed by atoms with Crippen LogP contribution in [0.1, 0.15) is 19.8 Å². The predicted octanol–water partition coefficient (Wildman–Crippen LogP) is 1.91. The van der Waals surface area contributed by atoms with Gasteiger partial charge in [-0.15, -0.1) is 0 Å². The normalized spacial score (nSPS) is 29.4. The quantitative estimate of drug-likeness (QED) is 0.830. The molecular weight excluding hydrogens is 236 g/mol. The lowest BCUT2D eigenvalue weighted by atomic mass is 10.2. The van der Waals surface area contributed by atoms with Gasteiger partial charge in [0.2, 0.25) is 0 Å². The van der Waals surface area contributed by atoms with Crippen LogP contribution in [-0.2, 0) is 0 Å². The largest absolute Gasteiger partial charge is 0.308 e. The third-order valence-corrected chi connectivity index (χ3v) is 5.81. The van der Waals surface area contributed by atoms with Crippen molar-refractivity contribution in [3.05, 3.63) is 0 Å². The molecule has 0 bridgehead atoms. The molecule has 2 fully saturated rings. The molecule has 1 N–H and O–H groups in total. The zero-order valence-corrected chi connectivity index (χ0v) is 11.9. The summed E-state index contributed by atoms with van der Waals surface area (Å²) in [4.78, 5) is 2.61. The Bertz CT molecular complexity index is 193. The Kier molecular flexibility index (Phi) is 5.83. The molecule has 2 aliphatic rings. The Balaban J connectivity index is 1.69. The summed E-state index contributed by atoms with van der Waals surface area (Å²) in [5, 5.41) is 3.86. The lowest BCUT2D eigenvalue weighted by molar-refractivity contribution is 0.325. The van der Waals surface area contributed by atoms with Crippen molar-refractivity contribution in [3.63, 3.8) is 0 Å². The van der Waals surface area contributed by atoms with Gasteiger partial charge in [0.25, 0.3) is 0 Å². The van der Waals surface area contributed by atoms with Crippen LogP contribution in [-0.4, -0.2) is 59.6 Å². The fraction of sp³-hybridized carbons (Fsp3) is 1.00. The first-order valence-electron chi connectivity index (χ1n) is 6.52. The van der Waals surface area contributed by atoms with Crippen molar-refractivity contribution in [3.8, 4) is 0 Å². The van der Waals surface area contributed by atoms with Gasteiger partial charge in [-0.1, -0.05) is 6.92 Å². The van der Waals surface area contributed by atoms with E-state index in [0.29, 0.717) is 0 Å². The van der Waals surface area contributed by atoms with Gasteiger partial charge in [-0.3, -0.25) is 0 Å². The van der Waals surface area contributed by atoms with E-state index in [0.717, 1.165) is 12.1 Å². The number of hydrogen-bond acceptors (Lipinski definition) is 4. The minimum absolute atomic E-state index is 0.754. The second-order valence-corrected chi connectivity index (χ2v) is 7.10. The van der Waals surface area contributed by atoms with E-state index in [-0.39, 0.29) is 0 Å². The molecule has 0 spiro atoms. The maximum Gasteiger partial charge on any atom is 0.0251 e. The maximum absolute atomic E-state index is 3.86. The third-order valence-electron chi connectivity index (χ3n) is 3.29. The zero-order valence-electron chi connectivity index (χ0n) is 10.3. The minimum Gasteiger partial charge on any atom is -0.308 e. The Morgan fingerprint density at radius 2 is 1.94 bits per heavy atom. The molecule has 0 radical (unpaired) electrons. The number of hydrogen-bond donors (Lipinski definition) is 1. The molecule has 0 aliphatic carbocycles. The predicted molar refractivity (Wildman–Crippen MR) is 76.7 cm³/mol. The number of nitrogens with one attached hydrogen (secondary N) is 1. The Labute approximate surface area is 108 Å². The summed E-state index contributed by atoms with van der Waals surface area (Å²) in [6.45, 7) is 6.14. The fourth-order valence-electron chi connectivity index (χ4n) is 2.53. The molecule has 0 amide bonds. The highest BCUT2D eigenvalue weighted by Crippen LogP contribution is 2.18. The van der Waals surface area contributed by atoms with E-state index in [2.05, 4.69) is 40.7 Å². The SMILES string of the molecule is CCCN1CC[C@@H](NC2CSCCSC2)C1. The van der Waals surface area contributed by atoms with Crippen LogP contribution >= 0.6 is 23.5 Å². The van der Waals surface area contributed by atoms with E-state index in [4.69, 9.17) is 0 Å². The average molecular weight is 260 g/mol. The van der Waals surface area contributed by atoms with Crippen molar-refractivity contribution in [1.82, 2.24) is 10.2 Å². The molecule has 94 valence electrons. The van der Waals surface area contributed by atoms with Gasteiger partial charge in [-0.2, -0.15) is 23.5 Å². The van der Waals surface area contributed by atoms with Crippen LogP contribution in [0.4, 0.5) is 0 Å². The first-order chi connectivity index (χ1) is 7.88. The highest BCUT2D eigenvalue weighted by Gasteiger charge is 2.24. The van der Waals surface area contributed by atoms with Gasteiger partial charge >= 0.3 is 0 Å². The highest BCUT2D eigenvalue weighted by atomic mass is 32.2. The first-order valence-corrected chi connectivity index (χ1v) is 8.83.